The van der Waals surface area contributed by atoms with Crippen molar-refractivity contribution in [2.45, 2.75) is 23.9 Å². The average Bonchev–Trinajstić information content (AvgIpc) is 2.87. The predicted molar refractivity (Wildman–Crippen MR) is 43.6 cm³/mol. The van der Waals surface area contributed by atoms with Crippen molar-refractivity contribution < 1.29 is 0 Å². The van der Waals surface area contributed by atoms with Gasteiger partial charge in [-0.1, -0.05) is 11.8 Å². The van der Waals surface area contributed by atoms with E-state index in [1.165, 1.54) is 24.6 Å². The quantitative estimate of drug-likeness (QED) is 0.625. The molecule has 0 aromatic carbocycles. The zero-order valence-corrected chi connectivity index (χ0v) is 7.14. The number of hydrogen-bond acceptors (Lipinski definition) is 4. The van der Waals surface area contributed by atoms with Crippen molar-refractivity contribution >= 4 is 11.8 Å². The van der Waals surface area contributed by atoms with Crippen molar-refractivity contribution in [1.82, 2.24) is 15.2 Å². The van der Waals surface area contributed by atoms with Gasteiger partial charge in [-0.2, -0.15) is 5.10 Å². The third-order valence-corrected chi connectivity index (χ3v) is 2.29. The molecular weight excluding hydrogens is 158 g/mol. The van der Waals surface area contributed by atoms with E-state index in [1.54, 1.807) is 0 Å². The van der Waals surface area contributed by atoms with E-state index >= 15 is 0 Å². The molecule has 0 radical (unpaired) electrons. The van der Waals surface area contributed by atoms with Crippen molar-refractivity contribution in [1.29, 1.82) is 0 Å². The van der Waals surface area contributed by atoms with Crippen molar-refractivity contribution in [3.05, 3.63) is 11.9 Å². The van der Waals surface area contributed by atoms with E-state index in [1.807, 2.05) is 12.5 Å². The monoisotopic (exact) mass is 167 g/mol. The Balaban J connectivity index is 2.19. The van der Waals surface area contributed by atoms with Gasteiger partial charge in [0.15, 0.2) is 0 Å². The number of aromatic nitrogens is 3. The van der Waals surface area contributed by atoms with E-state index in [0.717, 1.165) is 10.9 Å². The summed E-state index contributed by atoms with van der Waals surface area (Å²) in [6, 6.07) is 0. The zero-order valence-electron chi connectivity index (χ0n) is 6.32. The van der Waals surface area contributed by atoms with E-state index < -0.39 is 0 Å². The molecule has 0 aliphatic heterocycles. The van der Waals surface area contributed by atoms with Crippen molar-refractivity contribution in [3.63, 3.8) is 0 Å². The lowest BCUT2D eigenvalue weighted by Gasteiger charge is -1.94. The lowest BCUT2D eigenvalue weighted by Crippen LogP contribution is -1.94. The van der Waals surface area contributed by atoms with Crippen LogP contribution in [0.2, 0.25) is 0 Å². The van der Waals surface area contributed by atoms with E-state index in [2.05, 4.69) is 15.2 Å². The molecule has 0 N–H and O–H groups in total. The van der Waals surface area contributed by atoms with Crippen LogP contribution in [-0.4, -0.2) is 21.4 Å². The average molecular weight is 167 g/mol. The summed E-state index contributed by atoms with van der Waals surface area (Å²) in [4.78, 5) is 4.15. The third kappa shape index (κ3) is 1.50. The Kier molecular flexibility index (Phi) is 1.77. The molecule has 11 heavy (non-hydrogen) atoms. The van der Waals surface area contributed by atoms with Crippen LogP contribution in [0.25, 0.3) is 0 Å². The molecule has 1 saturated carbocycles. The highest BCUT2D eigenvalue weighted by Crippen LogP contribution is 2.38. The zero-order chi connectivity index (χ0) is 7.68. The lowest BCUT2D eigenvalue weighted by molar-refractivity contribution is 0.785. The van der Waals surface area contributed by atoms with Gasteiger partial charge in [-0.25, -0.2) is 4.98 Å². The van der Waals surface area contributed by atoms with E-state index in [9.17, 15) is 0 Å². The fourth-order valence-electron chi connectivity index (χ4n) is 0.933. The molecule has 0 atom stereocenters. The molecule has 1 aromatic rings. The summed E-state index contributed by atoms with van der Waals surface area (Å²) in [5, 5.41) is 8.80. The first-order valence-electron chi connectivity index (χ1n) is 3.64. The van der Waals surface area contributed by atoms with Gasteiger partial charge in [0.2, 0.25) is 5.16 Å². The van der Waals surface area contributed by atoms with Gasteiger partial charge in [0.25, 0.3) is 0 Å². The van der Waals surface area contributed by atoms with Crippen LogP contribution in [-0.2, 0) is 0 Å². The second-order valence-corrected chi connectivity index (χ2v) is 3.42. The van der Waals surface area contributed by atoms with Crippen LogP contribution in [0.5, 0.6) is 0 Å². The fourth-order valence-corrected chi connectivity index (χ4v) is 1.21. The van der Waals surface area contributed by atoms with Gasteiger partial charge in [-0.15, -0.1) is 5.10 Å². The summed E-state index contributed by atoms with van der Waals surface area (Å²) in [6.07, 6.45) is 6.31. The van der Waals surface area contributed by atoms with Gasteiger partial charge >= 0.3 is 0 Å². The van der Waals surface area contributed by atoms with Crippen molar-refractivity contribution in [2.24, 2.45) is 0 Å². The summed E-state index contributed by atoms with van der Waals surface area (Å²) >= 11 is 1.52. The fraction of sp³-hybridized carbons (Fsp3) is 0.571. The largest absolute Gasteiger partial charge is 0.228 e. The van der Waals surface area contributed by atoms with Crippen LogP contribution in [0, 0.1) is 0 Å². The minimum Gasteiger partial charge on any atom is -0.228 e. The third-order valence-electron chi connectivity index (χ3n) is 1.74. The highest BCUT2D eigenvalue weighted by atomic mass is 32.2. The van der Waals surface area contributed by atoms with Crippen LogP contribution in [0.3, 0.4) is 0 Å². The second-order valence-electron chi connectivity index (χ2n) is 2.64. The molecule has 1 aliphatic rings. The summed E-state index contributed by atoms with van der Waals surface area (Å²) in [6.45, 7) is 0. The van der Waals surface area contributed by atoms with E-state index in [4.69, 9.17) is 0 Å². The molecule has 0 saturated heterocycles. The number of hydrogen-bond donors (Lipinski definition) is 0. The molecule has 0 spiro atoms. The summed E-state index contributed by atoms with van der Waals surface area (Å²) in [7, 11) is 0. The van der Waals surface area contributed by atoms with Crippen LogP contribution >= 0.6 is 11.8 Å². The van der Waals surface area contributed by atoms with Crippen molar-refractivity contribution in [2.75, 3.05) is 6.26 Å². The molecule has 1 aromatic heterocycles. The van der Waals surface area contributed by atoms with Gasteiger partial charge in [-0.05, 0) is 19.1 Å². The SMILES string of the molecule is CSc1ncc(C2CC2)nn1. The first-order valence-corrected chi connectivity index (χ1v) is 4.86. The molecule has 3 nitrogen and oxygen atoms in total. The van der Waals surface area contributed by atoms with Gasteiger partial charge in [0.1, 0.15) is 0 Å². The number of nitrogens with zero attached hydrogens (tertiary/aromatic N) is 3. The molecule has 0 amide bonds. The lowest BCUT2D eigenvalue weighted by atomic mass is 10.3. The summed E-state index contributed by atoms with van der Waals surface area (Å²) in [5.74, 6) is 0.658. The number of thioether (sulfide) groups is 1. The molecular formula is C7H9N3S. The van der Waals surface area contributed by atoms with Crippen LogP contribution in [0.1, 0.15) is 24.5 Å². The maximum Gasteiger partial charge on any atom is 0.208 e. The van der Waals surface area contributed by atoms with Gasteiger partial charge in [0, 0.05) is 5.92 Å². The summed E-state index contributed by atoms with van der Waals surface area (Å²) < 4.78 is 0. The normalized spacial score (nSPS) is 16.8. The molecule has 4 heteroatoms. The van der Waals surface area contributed by atoms with Crippen LogP contribution in [0.15, 0.2) is 11.4 Å². The Labute approximate surface area is 69.6 Å². The molecule has 1 aliphatic carbocycles. The van der Waals surface area contributed by atoms with Crippen LogP contribution < -0.4 is 0 Å². The first-order chi connectivity index (χ1) is 5.40. The van der Waals surface area contributed by atoms with Crippen LogP contribution in [0.4, 0.5) is 0 Å². The van der Waals surface area contributed by atoms with E-state index in [0.29, 0.717) is 5.92 Å². The second kappa shape index (κ2) is 2.77. The minimum atomic E-state index is 0.658. The minimum absolute atomic E-state index is 0.658. The van der Waals surface area contributed by atoms with Gasteiger partial charge < -0.3 is 0 Å². The Morgan fingerprint density at radius 1 is 1.45 bits per heavy atom. The molecule has 1 fully saturated rings. The highest BCUT2D eigenvalue weighted by molar-refractivity contribution is 7.98. The maximum atomic E-state index is 4.15. The molecule has 0 unspecified atom stereocenters. The molecule has 2 rings (SSSR count). The highest BCUT2D eigenvalue weighted by Gasteiger charge is 2.25. The maximum absolute atomic E-state index is 4.15. The first kappa shape index (κ1) is 7.03. The Morgan fingerprint density at radius 2 is 2.27 bits per heavy atom. The Bertz CT molecular complexity index is 242. The van der Waals surface area contributed by atoms with Gasteiger partial charge in [-0.3, -0.25) is 0 Å². The summed E-state index contributed by atoms with van der Waals surface area (Å²) in [5.41, 5.74) is 1.06. The van der Waals surface area contributed by atoms with Gasteiger partial charge in [0.05, 0.1) is 11.9 Å². The Hall–Kier alpha value is -0.640. The molecule has 58 valence electrons. The standard InChI is InChI=1S/C7H9N3S/c1-11-7-8-4-6(9-10-7)5-2-3-5/h4-5H,2-3H2,1H3. The number of rotatable bonds is 2. The molecule has 0 bridgehead atoms. The molecule has 1 heterocycles. The predicted octanol–water partition coefficient (Wildman–Crippen LogP) is 1.47. The van der Waals surface area contributed by atoms with Crippen molar-refractivity contribution in [3.8, 4) is 0 Å². The topological polar surface area (TPSA) is 38.7 Å². The smallest absolute Gasteiger partial charge is 0.208 e. The van der Waals surface area contributed by atoms with E-state index in [-0.39, 0.29) is 0 Å². The Morgan fingerprint density at radius 3 is 2.73 bits per heavy atom.